The number of hydrogen-bond acceptors (Lipinski definition) is 3. The lowest BCUT2D eigenvalue weighted by Crippen LogP contribution is -2.63. The molecule has 0 aliphatic heterocycles. The van der Waals surface area contributed by atoms with E-state index < -0.39 is 10.0 Å². The van der Waals surface area contributed by atoms with Crippen LogP contribution in [0.5, 0.6) is 0 Å². The lowest BCUT2D eigenvalue weighted by atomic mass is 9.50. The number of methoxy groups -OCH3 is 1. The summed E-state index contributed by atoms with van der Waals surface area (Å²) in [6.07, 6.45) is 6.08. The van der Waals surface area contributed by atoms with Gasteiger partial charge in [0.2, 0.25) is 10.0 Å². The first kappa shape index (κ1) is 17.8. The van der Waals surface area contributed by atoms with Crippen LogP contribution in [0.2, 0.25) is 5.02 Å². The van der Waals surface area contributed by atoms with Crippen LogP contribution in [0, 0.1) is 30.6 Å². The fourth-order valence-corrected chi connectivity index (χ4v) is 7.41. The maximum atomic E-state index is 12.9. The lowest BCUT2D eigenvalue weighted by molar-refractivity contribution is -0.185. The molecule has 138 valence electrons. The first-order valence-corrected chi connectivity index (χ1v) is 11.0. The summed E-state index contributed by atoms with van der Waals surface area (Å²) < 4.78 is 34.6. The summed E-state index contributed by atoms with van der Waals surface area (Å²) in [6.45, 7) is 2.15. The highest BCUT2D eigenvalue weighted by molar-refractivity contribution is 7.89. The molecule has 25 heavy (non-hydrogen) atoms. The number of aryl methyl sites for hydroxylation is 1. The molecule has 1 aromatic carbocycles. The minimum Gasteiger partial charge on any atom is -0.376 e. The zero-order chi connectivity index (χ0) is 17.8. The van der Waals surface area contributed by atoms with Gasteiger partial charge in [0.15, 0.2) is 0 Å². The molecule has 0 unspecified atom stereocenters. The van der Waals surface area contributed by atoms with Crippen molar-refractivity contribution in [2.75, 3.05) is 13.7 Å². The molecule has 0 aromatic heterocycles. The van der Waals surface area contributed by atoms with Gasteiger partial charge in [0.1, 0.15) is 0 Å². The van der Waals surface area contributed by atoms with Crippen LogP contribution < -0.4 is 4.72 Å². The summed E-state index contributed by atoms with van der Waals surface area (Å²) in [5, 5.41) is 0.432. The van der Waals surface area contributed by atoms with E-state index in [0.29, 0.717) is 29.0 Å². The third-order valence-electron chi connectivity index (χ3n) is 6.88. The van der Waals surface area contributed by atoms with Gasteiger partial charge in [-0.05, 0) is 80.4 Å². The Labute approximate surface area is 155 Å². The van der Waals surface area contributed by atoms with E-state index in [1.165, 1.54) is 38.2 Å². The number of ether oxygens (including phenoxy) is 1. The van der Waals surface area contributed by atoms with E-state index in [2.05, 4.69) is 4.72 Å². The molecule has 4 saturated carbocycles. The van der Waals surface area contributed by atoms with Gasteiger partial charge in [0.25, 0.3) is 0 Å². The monoisotopic (exact) mass is 383 g/mol. The van der Waals surface area contributed by atoms with Crippen LogP contribution in [0.1, 0.15) is 37.7 Å². The highest BCUT2D eigenvalue weighted by Crippen LogP contribution is 2.59. The van der Waals surface area contributed by atoms with Gasteiger partial charge in [-0.25, -0.2) is 13.1 Å². The summed E-state index contributed by atoms with van der Waals surface area (Å²) in [6, 6.07) is 4.98. The Morgan fingerprint density at radius 2 is 1.76 bits per heavy atom. The Kier molecular flexibility index (Phi) is 4.42. The largest absolute Gasteiger partial charge is 0.376 e. The Morgan fingerprint density at radius 3 is 2.32 bits per heavy atom. The highest BCUT2D eigenvalue weighted by Gasteiger charge is 2.57. The molecule has 4 bridgehead atoms. The number of benzene rings is 1. The minimum atomic E-state index is -3.61. The zero-order valence-electron chi connectivity index (χ0n) is 14.8. The molecule has 4 fully saturated rings. The molecule has 4 aliphatic carbocycles. The standard InChI is InChI=1S/C19H26ClNO3S/c1-12-3-4-17(20)10-18(12)25(22,23)21-11-19(24-2)15-6-13-5-14(8-15)9-16(19)7-13/h3-4,10,13-16,21H,5-9,11H2,1-2H3. The first-order valence-electron chi connectivity index (χ1n) is 9.15. The summed E-state index contributed by atoms with van der Waals surface area (Å²) >= 11 is 6.01. The summed E-state index contributed by atoms with van der Waals surface area (Å²) in [5.74, 6) is 2.57. The predicted molar refractivity (Wildman–Crippen MR) is 98.2 cm³/mol. The maximum Gasteiger partial charge on any atom is 0.240 e. The van der Waals surface area contributed by atoms with Crippen molar-refractivity contribution in [2.45, 2.75) is 49.5 Å². The molecule has 1 aromatic rings. The highest BCUT2D eigenvalue weighted by atomic mass is 35.5. The van der Waals surface area contributed by atoms with Crippen molar-refractivity contribution in [3.05, 3.63) is 28.8 Å². The maximum absolute atomic E-state index is 12.9. The molecule has 1 N–H and O–H groups in total. The van der Waals surface area contributed by atoms with Gasteiger partial charge < -0.3 is 4.74 Å². The van der Waals surface area contributed by atoms with E-state index >= 15 is 0 Å². The van der Waals surface area contributed by atoms with E-state index in [0.717, 1.165) is 11.8 Å². The number of hydrogen-bond donors (Lipinski definition) is 1. The molecular weight excluding hydrogens is 358 g/mol. The zero-order valence-corrected chi connectivity index (χ0v) is 16.4. The third-order valence-corrected chi connectivity index (χ3v) is 8.66. The number of nitrogens with one attached hydrogen (secondary N) is 1. The quantitative estimate of drug-likeness (QED) is 0.842. The molecule has 4 aliphatic rings. The van der Waals surface area contributed by atoms with Crippen molar-refractivity contribution < 1.29 is 13.2 Å². The van der Waals surface area contributed by atoms with E-state index in [9.17, 15) is 8.42 Å². The number of rotatable bonds is 5. The minimum absolute atomic E-state index is 0.259. The van der Waals surface area contributed by atoms with Gasteiger partial charge in [-0.15, -0.1) is 0 Å². The molecule has 6 heteroatoms. The van der Waals surface area contributed by atoms with Crippen LogP contribution in [0.15, 0.2) is 23.1 Å². The summed E-state index contributed by atoms with van der Waals surface area (Å²) in [5.41, 5.74) is 0.348. The summed E-state index contributed by atoms with van der Waals surface area (Å²) in [7, 11) is -1.86. The van der Waals surface area contributed by atoms with E-state index in [4.69, 9.17) is 16.3 Å². The van der Waals surface area contributed by atoms with Gasteiger partial charge >= 0.3 is 0 Å². The summed E-state index contributed by atoms with van der Waals surface area (Å²) in [4.78, 5) is 0.259. The van der Waals surface area contributed by atoms with Crippen LogP contribution in [0.4, 0.5) is 0 Å². The fraction of sp³-hybridized carbons (Fsp3) is 0.684. The van der Waals surface area contributed by atoms with Crippen molar-refractivity contribution in [3.8, 4) is 0 Å². The van der Waals surface area contributed by atoms with Crippen LogP contribution in [-0.2, 0) is 14.8 Å². The smallest absolute Gasteiger partial charge is 0.240 e. The molecule has 0 spiro atoms. The molecule has 0 saturated heterocycles. The van der Waals surface area contributed by atoms with Crippen LogP contribution in [-0.4, -0.2) is 27.7 Å². The van der Waals surface area contributed by atoms with E-state index in [1.807, 2.05) is 0 Å². The molecule has 0 heterocycles. The molecule has 5 rings (SSSR count). The van der Waals surface area contributed by atoms with Crippen LogP contribution in [0.3, 0.4) is 0 Å². The lowest BCUT2D eigenvalue weighted by Gasteiger charge is -2.60. The Hall–Kier alpha value is -0.620. The first-order chi connectivity index (χ1) is 11.8. The van der Waals surface area contributed by atoms with E-state index in [1.54, 1.807) is 26.2 Å². The van der Waals surface area contributed by atoms with Crippen molar-refractivity contribution >= 4 is 21.6 Å². The average molecular weight is 384 g/mol. The SMILES string of the molecule is COC1(CNS(=O)(=O)c2cc(Cl)ccc2C)C2CC3CC(C2)CC1C3. The number of sulfonamides is 1. The van der Waals surface area contributed by atoms with Crippen molar-refractivity contribution in [1.82, 2.24) is 4.72 Å². The normalized spacial score (nSPS) is 36.8. The second-order valence-corrected chi connectivity index (χ2v) is 10.4. The topological polar surface area (TPSA) is 55.4 Å². The molecule has 0 radical (unpaired) electrons. The van der Waals surface area contributed by atoms with Gasteiger partial charge in [-0.2, -0.15) is 0 Å². The molecule has 0 amide bonds. The Balaban J connectivity index is 1.58. The molecule has 4 nitrogen and oxygen atoms in total. The fourth-order valence-electron chi connectivity index (χ4n) is 5.83. The van der Waals surface area contributed by atoms with Gasteiger partial charge in [0.05, 0.1) is 10.5 Å². The van der Waals surface area contributed by atoms with Crippen LogP contribution >= 0.6 is 11.6 Å². The van der Waals surface area contributed by atoms with Crippen molar-refractivity contribution in [2.24, 2.45) is 23.7 Å². The Morgan fingerprint density at radius 1 is 1.16 bits per heavy atom. The van der Waals surface area contributed by atoms with Gasteiger partial charge in [-0.1, -0.05) is 17.7 Å². The molecular formula is C19H26ClNO3S. The van der Waals surface area contributed by atoms with Gasteiger partial charge in [0, 0.05) is 18.7 Å². The predicted octanol–water partition coefficient (Wildman–Crippen LogP) is 3.77. The molecule has 0 atom stereocenters. The van der Waals surface area contributed by atoms with Gasteiger partial charge in [-0.3, -0.25) is 0 Å². The van der Waals surface area contributed by atoms with Crippen LogP contribution in [0.25, 0.3) is 0 Å². The van der Waals surface area contributed by atoms with E-state index in [-0.39, 0.29) is 10.5 Å². The average Bonchev–Trinajstić information content (AvgIpc) is 2.56. The number of halogens is 1. The second kappa shape index (κ2) is 6.22. The Bertz CT molecular complexity index is 749. The second-order valence-electron chi connectivity index (χ2n) is 8.20. The van der Waals surface area contributed by atoms with Crippen molar-refractivity contribution in [3.63, 3.8) is 0 Å². The van der Waals surface area contributed by atoms with Crippen molar-refractivity contribution in [1.29, 1.82) is 0 Å². The third kappa shape index (κ3) is 2.93.